The van der Waals surface area contributed by atoms with Gasteiger partial charge in [-0.15, -0.1) is 11.3 Å². The molecule has 2 rings (SSSR count). The molecule has 0 bridgehead atoms. The highest BCUT2D eigenvalue weighted by Crippen LogP contribution is 2.09. The minimum Gasteiger partial charge on any atom is -0.399 e. The van der Waals surface area contributed by atoms with E-state index >= 15 is 0 Å². The van der Waals surface area contributed by atoms with Crippen molar-refractivity contribution in [2.75, 3.05) is 12.3 Å². The number of carbonyl (C=O) groups is 1. The molecule has 18 heavy (non-hydrogen) atoms. The van der Waals surface area contributed by atoms with Crippen LogP contribution in [0, 0.1) is 6.92 Å². The molecule has 0 radical (unpaired) electrons. The third kappa shape index (κ3) is 3.30. The van der Waals surface area contributed by atoms with E-state index in [1.165, 1.54) is 0 Å². The lowest BCUT2D eigenvalue weighted by Gasteiger charge is -2.04. The number of nitrogen functional groups attached to an aromatic ring is 1. The summed E-state index contributed by atoms with van der Waals surface area (Å²) in [5.41, 5.74) is 7.84. The third-order valence-corrected chi connectivity index (χ3v) is 3.47. The van der Waals surface area contributed by atoms with Crippen molar-refractivity contribution in [3.8, 4) is 0 Å². The zero-order chi connectivity index (χ0) is 13.0. The quantitative estimate of drug-likeness (QED) is 0.827. The fraction of sp³-hybridized carbons (Fsp3) is 0.231. The highest BCUT2D eigenvalue weighted by Gasteiger charge is 2.05. The van der Waals surface area contributed by atoms with E-state index in [0.717, 1.165) is 17.1 Å². The number of hydrogen-bond donors (Lipinski definition) is 2. The van der Waals surface area contributed by atoms with Crippen molar-refractivity contribution >= 4 is 22.9 Å². The van der Waals surface area contributed by atoms with Crippen LogP contribution in [0.3, 0.4) is 0 Å². The topological polar surface area (TPSA) is 68.0 Å². The maximum absolute atomic E-state index is 11.8. The Labute approximate surface area is 110 Å². The van der Waals surface area contributed by atoms with Crippen LogP contribution < -0.4 is 11.1 Å². The maximum atomic E-state index is 11.8. The molecule has 0 unspecified atom stereocenters. The van der Waals surface area contributed by atoms with Crippen molar-refractivity contribution in [3.05, 3.63) is 45.9 Å². The number of nitrogens with zero attached hydrogens (tertiary/aromatic N) is 1. The van der Waals surface area contributed by atoms with Gasteiger partial charge < -0.3 is 11.1 Å². The van der Waals surface area contributed by atoms with Gasteiger partial charge in [-0.1, -0.05) is 6.07 Å². The molecule has 0 spiro atoms. The summed E-state index contributed by atoms with van der Waals surface area (Å²) in [6.07, 6.45) is 0.757. The van der Waals surface area contributed by atoms with Gasteiger partial charge in [0.05, 0.1) is 5.01 Å². The molecule has 0 aliphatic rings. The van der Waals surface area contributed by atoms with Crippen molar-refractivity contribution in [3.63, 3.8) is 0 Å². The van der Waals surface area contributed by atoms with E-state index in [1.807, 2.05) is 12.3 Å². The van der Waals surface area contributed by atoms with Crippen LogP contribution in [0.2, 0.25) is 0 Å². The second-order valence-electron chi connectivity index (χ2n) is 4.01. The number of aromatic nitrogens is 1. The van der Waals surface area contributed by atoms with Crippen molar-refractivity contribution in [2.45, 2.75) is 13.3 Å². The Bertz CT molecular complexity index is 551. The first-order chi connectivity index (χ1) is 8.65. The molecule has 0 fully saturated rings. The van der Waals surface area contributed by atoms with E-state index in [2.05, 4.69) is 10.3 Å². The Balaban J connectivity index is 1.85. The van der Waals surface area contributed by atoms with Gasteiger partial charge in [-0.3, -0.25) is 4.79 Å². The molecule has 2 aromatic rings. The van der Waals surface area contributed by atoms with Crippen LogP contribution in [0.25, 0.3) is 0 Å². The van der Waals surface area contributed by atoms with E-state index < -0.39 is 0 Å². The Hall–Kier alpha value is -1.88. The summed E-state index contributed by atoms with van der Waals surface area (Å²) in [4.78, 5) is 16.2. The van der Waals surface area contributed by atoms with E-state index in [4.69, 9.17) is 5.73 Å². The summed E-state index contributed by atoms with van der Waals surface area (Å²) in [5.74, 6) is -0.101. The predicted molar refractivity (Wildman–Crippen MR) is 73.7 cm³/mol. The number of carbonyl (C=O) groups excluding carboxylic acids is 1. The lowest BCUT2D eigenvalue weighted by Crippen LogP contribution is -2.25. The largest absolute Gasteiger partial charge is 0.399 e. The molecular weight excluding hydrogens is 246 g/mol. The Kier molecular flexibility index (Phi) is 3.94. The Morgan fingerprint density at radius 3 is 3.00 bits per heavy atom. The molecular formula is C13H15N3OS. The van der Waals surface area contributed by atoms with Crippen LogP contribution in [0.1, 0.15) is 21.1 Å². The van der Waals surface area contributed by atoms with Gasteiger partial charge in [0, 0.05) is 35.3 Å². The monoisotopic (exact) mass is 261 g/mol. The smallest absolute Gasteiger partial charge is 0.251 e. The molecule has 94 valence electrons. The second-order valence-corrected chi connectivity index (χ2v) is 4.96. The molecule has 1 aromatic carbocycles. The average Bonchev–Trinajstić information content (AvgIpc) is 2.75. The molecule has 4 nitrogen and oxygen atoms in total. The van der Waals surface area contributed by atoms with Crippen molar-refractivity contribution in [2.24, 2.45) is 0 Å². The van der Waals surface area contributed by atoms with Gasteiger partial charge >= 0.3 is 0 Å². The second kappa shape index (κ2) is 5.64. The van der Waals surface area contributed by atoms with Crippen LogP contribution >= 0.6 is 11.3 Å². The van der Waals surface area contributed by atoms with Gasteiger partial charge in [0.1, 0.15) is 0 Å². The Morgan fingerprint density at radius 1 is 1.50 bits per heavy atom. The number of nitrogens with one attached hydrogen (secondary N) is 1. The Morgan fingerprint density at radius 2 is 2.33 bits per heavy atom. The number of anilines is 1. The number of amides is 1. The molecule has 0 aliphatic heterocycles. The highest BCUT2D eigenvalue weighted by molar-refractivity contribution is 7.09. The summed E-state index contributed by atoms with van der Waals surface area (Å²) in [7, 11) is 0. The zero-order valence-corrected chi connectivity index (χ0v) is 11.0. The number of hydrogen-bond acceptors (Lipinski definition) is 4. The van der Waals surface area contributed by atoms with Crippen molar-refractivity contribution in [1.82, 2.24) is 10.3 Å². The van der Waals surface area contributed by atoms with Crippen LogP contribution in [0.15, 0.2) is 29.6 Å². The summed E-state index contributed by atoms with van der Waals surface area (Å²) in [6.45, 7) is 2.55. The van der Waals surface area contributed by atoms with E-state index in [0.29, 0.717) is 17.8 Å². The molecule has 0 atom stereocenters. The van der Waals surface area contributed by atoms with Crippen LogP contribution in [-0.4, -0.2) is 17.4 Å². The molecule has 0 saturated heterocycles. The van der Waals surface area contributed by atoms with Crippen molar-refractivity contribution in [1.29, 1.82) is 0 Å². The third-order valence-electron chi connectivity index (χ3n) is 2.44. The van der Waals surface area contributed by atoms with E-state index in [1.54, 1.807) is 35.6 Å². The number of aryl methyl sites for hydroxylation is 1. The average molecular weight is 261 g/mol. The van der Waals surface area contributed by atoms with Crippen molar-refractivity contribution < 1.29 is 4.79 Å². The molecule has 3 N–H and O–H groups in total. The van der Waals surface area contributed by atoms with Crippen LogP contribution in [0.5, 0.6) is 0 Å². The summed E-state index contributed by atoms with van der Waals surface area (Å²) in [5, 5.41) is 5.91. The maximum Gasteiger partial charge on any atom is 0.251 e. The normalized spacial score (nSPS) is 10.3. The fourth-order valence-corrected chi connectivity index (χ4v) is 2.36. The van der Waals surface area contributed by atoms with E-state index in [9.17, 15) is 4.79 Å². The lowest BCUT2D eigenvalue weighted by molar-refractivity contribution is 0.0954. The number of thiazole rings is 1. The van der Waals surface area contributed by atoms with Gasteiger partial charge in [-0.2, -0.15) is 0 Å². The molecule has 0 saturated carbocycles. The first kappa shape index (κ1) is 12.6. The minimum absolute atomic E-state index is 0.101. The fourth-order valence-electron chi connectivity index (χ4n) is 1.58. The first-order valence-electron chi connectivity index (χ1n) is 5.70. The van der Waals surface area contributed by atoms with Crippen LogP contribution in [-0.2, 0) is 6.42 Å². The molecule has 1 amide bonds. The minimum atomic E-state index is -0.101. The summed E-state index contributed by atoms with van der Waals surface area (Å²) >= 11 is 1.62. The predicted octanol–water partition coefficient (Wildman–Crippen LogP) is 2.01. The molecule has 1 aromatic heterocycles. The van der Waals surface area contributed by atoms with Gasteiger partial charge in [0.15, 0.2) is 0 Å². The number of rotatable bonds is 4. The van der Waals surface area contributed by atoms with Gasteiger partial charge in [0.2, 0.25) is 0 Å². The van der Waals surface area contributed by atoms with Crippen LogP contribution in [0.4, 0.5) is 5.69 Å². The number of nitrogens with two attached hydrogens (primary N) is 1. The zero-order valence-electron chi connectivity index (χ0n) is 10.1. The SMILES string of the molecule is Cc1csc(CCNC(=O)c2cccc(N)c2)n1. The van der Waals surface area contributed by atoms with Gasteiger partial charge in [-0.25, -0.2) is 4.98 Å². The lowest BCUT2D eigenvalue weighted by atomic mass is 10.2. The molecule has 5 heteroatoms. The first-order valence-corrected chi connectivity index (χ1v) is 6.58. The van der Waals surface area contributed by atoms with E-state index in [-0.39, 0.29) is 5.91 Å². The molecule has 0 aliphatic carbocycles. The number of benzene rings is 1. The molecule has 1 heterocycles. The summed E-state index contributed by atoms with van der Waals surface area (Å²) in [6, 6.07) is 6.95. The van der Waals surface area contributed by atoms with Gasteiger partial charge in [-0.05, 0) is 25.1 Å². The summed E-state index contributed by atoms with van der Waals surface area (Å²) < 4.78 is 0. The highest BCUT2D eigenvalue weighted by atomic mass is 32.1. The van der Waals surface area contributed by atoms with Gasteiger partial charge in [0.25, 0.3) is 5.91 Å². The standard InChI is InChI=1S/C13H15N3OS/c1-9-8-18-12(16-9)5-6-15-13(17)10-3-2-4-11(14)7-10/h2-4,7-8H,5-6,14H2,1H3,(H,15,17).